The van der Waals surface area contributed by atoms with Gasteiger partial charge in [0, 0.05) is 19.2 Å². The van der Waals surface area contributed by atoms with E-state index in [0.717, 1.165) is 24.8 Å². The number of hydrogen-bond donors (Lipinski definition) is 1. The standard InChI is InChI=1S/C20H24N2O3S2/c1-14(18(24)21-11-6-5-9-16(21)10-12-23)22-19(25)17(27-20(22)26)13-15-7-3-2-4-8-15/h2-4,7-8,13-14,16,23H,5-6,9-12H2,1H3/b17-13-/t14-,16+/m0/s1. The zero-order valence-corrected chi connectivity index (χ0v) is 17.0. The summed E-state index contributed by atoms with van der Waals surface area (Å²) in [6.07, 6.45) is 5.29. The molecule has 1 N–H and O–H groups in total. The van der Waals surface area contributed by atoms with Crippen LogP contribution >= 0.6 is 24.0 Å². The molecule has 2 atom stereocenters. The van der Waals surface area contributed by atoms with Gasteiger partial charge in [0.1, 0.15) is 10.4 Å². The number of amides is 2. The Hall–Kier alpha value is -1.70. The third-order valence-corrected chi connectivity index (χ3v) is 6.37. The summed E-state index contributed by atoms with van der Waals surface area (Å²) in [5.41, 5.74) is 0.927. The first-order valence-corrected chi connectivity index (χ1v) is 10.5. The molecule has 0 unspecified atom stereocenters. The number of carbonyl (C=O) groups is 2. The van der Waals surface area contributed by atoms with Gasteiger partial charge in [0.15, 0.2) is 0 Å². The lowest BCUT2D eigenvalue weighted by Gasteiger charge is -2.38. The van der Waals surface area contributed by atoms with Crippen molar-refractivity contribution < 1.29 is 14.7 Å². The van der Waals surface area contributed by atoms with E-state index in [1.807, 2.05) is 41.3 Å². The summed E-state index contributed by atoms with van der Waals surface area (Å²) in [5, 5.41) is 9.29. The molecule has 0 radical (unpaired) electrons. The fourth-order valence-electron chi connectivity index (χ4n) is 3.60. The largest absolute Gasteiger partial charge is 0.396 e. The number of rotatable bonds is 5. The molecule has 2 aliphatic heterocycles. The Kier molecular flexibility index (Phi) is 6.68. The van der Waals surface area contributed by atoms with E-state index in [0.29, 0.717) is 22.2 Å². The van der Waals surface area contributed by atoms with Gasteiger partial charge in [-0.1, -0.05) is 54.3 Å². The van der Waals surface area contributed by atoms with Gasteiger partial charge in [0.25, 0.3) is 5.91 Å². The molecular weight excluding hydrogens is 380 g/mol. The number of thiocarbonyl (C=S) groups is 1. The predicted molar refractivity (Wildman–Crippen MR) is 112 cm³/mol. The summed E-state index contributed by atoms with van der Waals surface area (Å²) in [7, 11) is 0. The minimum atomic E-state index is -0.640. The molecule has 144 valence electrons. The van der Waals surface area contributed by atoms with Crippen molar-refractivity contribution in [1.82, 2.24) is 9.80 Å². The van der Waals surface area contributed by atoms with Crippen LogP contribution in [0.4, 0.5) is 0 Å². The molecule has 27 heavy (non-hydrogen) atoms. The summed E-state index contributed by atoms with van der Waals surface area (Å²) < 4.78 is 0.416. The van der Waals surface area contributed by atoms with Gasteiger partial charge in [-0.3, -0.25) is 14.5 Å². The van der Waals surface area contributed by atoms with Crippen molar-refractivity contribution in [2.45, 2.75) is 44.7 Å². The van der Waals surface area contributed by atoms with Crippen LogP contribution in [0.25, 0.3) is 6.08 Å². The number of thioether (sulfide) groups is 1. The van der Waals surface area contributed by atoms with E-state index < -0.39 is 6.04 Å². The summed E-state index contributed by atoms with van der Waals surface area (Å²) in [6, 6.07) is 9.00. The Bertz CT molecular complexity index is 749. The molecule has 2 aliphatic rings. The maximum atomic E-state index is 13.1. The van der Waals surface area contributed by atoms with E-state index in [2.05, 4.69) is 0 Å². The summed E-state index contributed by atoms with van der Waals surface area (Å²) in [4.78, 5) is 29.8. The number of piperidine rings is 1. The van der Waals surface area contributed by atoms with Gasteiger partial charge in [-0.25, -0.2) is 0 Å². The van der Waals surface area contributed by atoms with Crippen molar-refractivity contribution in [1.29, 1.82) is 0 Å². The van der Waals surface area contributed by atoms with Crippen LogP contribution in [0, 0.1) is 0 Å². The number of benzene rings is 1. The molecule has 0 bridgehead atoms. The highest BCUT2D eigenvalue weighted by Crippen LogP contribution is 2.34. The molecule has 7 heteroatoms. The third-order valence-electron chi connectivity index (χ3n) is 5.04. The molecule has 2 fully saturated rings. The molecule has 2 saturated heterocycles. The summed E-state index contributed by atoms with van der Waals surface area (Å²) in [5.74, 6) is -0.309. The molecule has 0 aliphatic carbocycles. The van der Waals surface area contributed by atoms with Gasteiger partial charge in [0.2, 0.25) is 5.91 Å². The van der Waals surface area contributed by atoms with Crippen LogP contribution in [-0.4, -0.2) is 56.3 Å². The Morgan fingerprint density at radius 3 is 2.81 bits per heavy atom. The van der Waals surface area contributed by atoms with E-state index >= 15 is 0 Å². The number of aliphatic hydroxyl groups excluding tert-OH is 1. The average molecular weight is 405 g/mol. The Morgan fingerprint density at radius 2 is 2.11 bits per heavy atom. The minimum Gasteiger partial charge on any atom is -0.396 e. The lowest BCUT2D eigenvalue weighted by Crippen LogP contribution is -2.53. The summed E-state index contributed by atoms with van der Waals surface area (Å²) >= 11 is 6.64. The molecule has 3 rings (SSSR count). The highest BCUT2D eigenvalue weighted by atomic mass is 32.2. The maximum absolute atomic E-state index is 13.1. The molecule has 1 aromatic rings. The second kappa shape index (κ2) is 8.99. The monoisotopic (exact) mass is 404 g/mol. The van der Waals surface area contributed by atoms with Gasteiger partial charge in [-0.2, -0.15) is 0 Å². The van der Waals surface area contributed by atoms with Crippen molar-refractivity contribution in [2.75, 3.05) is 13.2 Å². The van der Waals surface area contributed by atoms with Crippen molar-refractivity contribution in [2.24, 2.45) is 0 Å². The fraction of sp³-hybridized carbons (Fsp3) is 0.450. The number of carbonyl (C=O) groups excluding carboxylic acids is 2. The van der Waals surface area contributed by atoms with E-state index in [-0.39, 0.29) is 24.5 Å². The Balaban J connectivity index is 1.76. The van der Waals surface area contributed by atoms with Gasteiger partial charge < -0.3 is 10.0 Å². The number of likely N-dealkylation sites (tertiary alicyclic amines) is 1. The Labute approximate surface area is 169 Å². The molecule has 0 saturated carbocycles. The molecule has 2 heterocycles. The third kappa shape index (κ3) is 4.42. The molecule has 0 aromatic heterocycles. The minimum absolute atomic E-state index is 0.0389. The van der Waals surface area contributed by atoms with E-state index in [4.69, 9.17) is 12.2 Å². The number of aliphatic hydroxyl groups is 1. The zero-order valence-electron chi connectivity index (χ0n) is 15.3. The fourth-order valence-corrected chi connectivity index (χ4v) is 5.02. The second-order valence-electron chi connectivity index (χ2n) is 6.83. The zero-order chi connectivity index (χ0) is 19.4. The lowest BCUT2D eigenvalue weighted by molar-refractivity contribution is -0.142. The number of nitrogens with zero attached hydrogens (tertiary/aromatic N) is 2. The second-order valence-corrected chi connectivity index (χ2v) is 8.51. The van der Waals surface area contributed by atoms with Crippen molar-refractivity contribution >= 4 is 46.2 Å². The molecule has 5 nitrogen and oxygen atoms in total. The van der Waals surface area contributed by atoms with Crippen LogP contribution in [-0.2, 0) is 9.59 Å². The van der Waals surface area contributed by atoms with Gasteiger partial charge >= 0.3 is 0 Å². The van der Waals surface area contributed by atoms with Crippen molar-refractivity contribution in [3.05, 3.63) is 40.8 Å². The smallest absolute Gasteiger partial charge is 0.266 e. The van der Waals surface area contributed by atoms with Gasteiger partial charge in [0.05, 0.1) is 4.91 Å². The van der Waals surface area contributed by atoms with Crippen molar-refractivity contribution in [3.8, 4) is 0 Å². The topological polar surface area (TPSA) is 60.9 Å². The van der Waals surface area contributed by atoms with E-state index in [1.54, 1.807) is 6.92 Å². The van der Waals surface area contributed by atoms with Crippen molar-refractivity contribution in [3.63, 3.8) is 0 Å². The van der Waals surface area contributed by atoms with Crippen LogP contribution in [0.15, 0.2) is 35.2 Å². The van der Waals surface area contributed by atoms with E-state index in [1.165, 1.54) is 16.7 Å². The van der Waals surface area contributed by atoms with Gasteiger partial charge in [-0.05, 0) is 44.2 Å². The van der Waals surface area contributed by atoms with Crippen LogP contribution in [0.2, 0.25) is 0 Å². The SMILES string of the molecule is C[C@@H](C(=O)N1CCCC[C@@H]1CCO)N1C(=O)/C(=C/c2ccccc2)SC1=S. The first-order valence-electron chi connectivity index (χ1n) is 9.26. The van der Waals surface area contributed by atoms with Crippen LogP contribution in [0.1, 0.15) is 38.2 Å². The lowest BCUT2D eigenvalue weighted by atomic mass is 9.98. The molecular formula is C20H24N2O3S2. The Morgan fingerprint density at radius 1 is 1.37 bits per heavy atom. The maximum Gasteiger partial charge on any atom is 0.266 e. The average Bonchev–Trinajstić information content (AvgIpc) is 2.95. The molecule has 1 aromatic carbocycles. The normalized spacial score (nSPS) is 23.2. The highest BCUT2D eigenvalue weighted by molar-refractivity contribution is 8.26. The highest BCUT2D eigenvalue weighted by Gasteiger charge is 2.40. The summed E-state index contributed by atoms with van der Waals surface area (Å²) in [6.45, 7) is 2.47. The number of hydrogen-bond acceptors (Lipinski definition) is 5. The first kappa shape index (κ1) is 20.0. The first-order chi connectivity index (χ1) is 13.0. The quantitative estimate of drug-likeness (QED) is 0.604. The van der Waals surface area contributed by atoms with Gasteiger partial charge in [-0.15, -0.1) is 0 Å². The predicted octanol–water partition coefficient (Wildman–Crippen LogP) is 3.04. The van der Waals surface area contributed by atoms with E-state index in [9.17, 15) is 14.7 Å². The molecule has 2 amide bonds. The van der Waals surface area contributed by atoms with Crippen LogP contribution < -0.4 is 0 Å². The van der Waals surface area contributed by atoms with Crippen LogP contribution in [0.3, 0.4) is 0 Å². The van der Waals surface area contributed by atoms with Crippen LogP contribution in [0.5, 0.6) is 0 Å². The molecule has 0 spiro atoms.